The fourth-order valence-corrected chi connectivity index (χ4v) is 10.4. The van der Waals surface area contributed by atoms with E-state index in [1.54, 1.807) is 0 Å². The van der Waals surface area contributed by atoms with E-state index in [1.807, 2.05) is 12.1 Å². The largest absolute Gasteiger partial charge is 0.403 e. The van der Waals surface area contributed by atoms with Gasteiger partial charge in [0.1, 0.15) is 22.5 Å². The number of likely N-dealkylation sites (tertiary alicyclic amines) is 2. The Morgan fingerprint density at radius 3 is 1.41 bits per heavy atom. The van der Waals surface area contributed by atoms with Crippen molar-refractivity contribution in [2.45, 2.75) is 127 Å². The molecule has 10 rings (SSSR count). The van der Waals surface area contributed by atoms with Crippen LogP contribution >= 0.6 is 0 Å². The van der Waals surface area contributed by atoms with E-state index in [2.05, 4.69) is 84.2 Å². The molecule has 2 amide bonds. The third-order valence-electron chi connectivity index (χ3n) is 14.3. The van der Waals surface area contributed by atoms with Crippen LogP contribution in [0.3, 0.4) is 0 Å². The van der Waals surface area contributed by atoms with E-state index in [0.29, 0.717) is 48.4 Å². The van der Waals surface area contributed by atoms with Crippen LogP contribution in [0.1, 0.15) is 137 Å². The lowest BCUT2D eigenvalue weighted by atomic mass is 9.87. The number of benzene rings is 3. The quantitative estimate of drug-likeness (QED) is 0.159. The SMILES string of the molecule is CC(C)(C)c1ccc(N2C(c3ccc4nc([C@@H]5CCCN5C(=O)C5(C(F)(F)F)CC5)[nH]c4c3)CC[C@@H]2c2ccc3nc([C@@H]4CCCN4C(=O)C4(C(F)(F)F)CC4)[nH]c3c2)cc1. The summed E-state index contributed by atoms with van der Waals surface area (Å²) in [5.41, 5.74) is 2.59. The number of hydrogen-bond acceptors (Lipinski definition) is 5. The minimum absolute atomic E-state index is 0.0495. The number of imidazole rings is 2. The zero-order chi connectivity index (χ0) is 42.9. The van der Waals surface area contributed by atoms with Crippen LogP contribution in [-0.4, -0.2) is 67.0 Å². The Hall–Kier alpha value is -5.08. The summed E-state index contributed by atoms with van der Waals surface area (Å²) in [6.07, 6.45) is -5.95. The molecule has 5 aliphatic rings. The van der Waals surface area contributed by atoms with E-state index in [-0.39, 0.29) is 56.3 Å². The summed E-state index contributed by atoms with van der Waals surface area (Å²) < 4.78 is 83.8. The lowest BCUT2D eigenvalue weighted by Gasteiger charge is -2.34. The first-order valence-electron chi connectivity index (χ1n) is 21.5. The van der Waals surface area contributed by atoms with Gasteiger partial charge in [-0.15, -0.1) is 0 Å². The molecule has 5 aromatic rings. The van der Waals surface area contributed by atoms with Gasteiger partial charge in [0.2, 0.25) is 11.8 Å². The monoisotopic (exact) mass is 845 g/mol. The lowest BCUT2D eigenvalue weighted by molar-refractivity contribution is -0.200. The molecule has 2 N–H and O–H groups in total. The number of H-pyrrole nitrogens is 2. The maximum Gasteiger partial charge on any atom is 0.403 e. The van der Waals surface area contributed by atoms with Crippen LogP contribution in [-0.2, 0) is 15.0 Å². The minimum Gasteiger partial charge on any atom is -0.357 e. The summed E-state index contributed by atoms with van der Waals surface area (Å²) in [4.78, 5) is 48.3. The van der Waals surface area contributed by atoms with Crippen LogP contribution in [0.4, 0.5) is 32.0 Å². The molecule has 5 fully saturated rings. The summed E-state index contributed by atoms with van der Waals surface area (Å²) in [6.45, 7) is 7.06. The molecule has 3 aliphatic heterocycles. The van der Waals surface area contributed by atoms with Gasteiger partial charge in [0, 0.05) is 18.8 Å². The fourth-order valence-electron chi connectivity index (χ4n) is 10.4. The first-order chi connectivity index (χ1) is 28.9. The summed E-state index contributed by atoms with van der Waals surface area (Å²) in [6, 6.07) is 19.5. The number of alkyl halides is 6. The molecule has 5 heterocycles. The molecule has 2 aromatic heterocycles. The first-order valence-corrected chi connectivity index (χ1v) is 21.5. The number of halogens is 6. The molecule has 2 aliphatic carbocycles. The molecule has 61 heavy (non-hydrogen) atoms. The maximum absolute atomic E-state index is 14.0. The molecular weight excluding hydrogens is 797 g/mol. The molecule has 2 saturated carbocycles. The average Bonchev–Trinajstić information content (AvgIpc) is 3.78. The van der Waals surface area contributed by atoms with Crippen molar-refractivity contribution in [1.29, 1.82) is 0 Å². The summed E-state index contributed by atoms with van der Waals surface area (Å²) in [5.74, 6) is -0.693. The highest BCUT2D eigenvalue weighted by Crippen LogP contribution is 2.61. The van der Waals surface area contributed by atoms with Crippen LogP contribution < -0.4 is 4.90 Å². The van der Waals surface area contributed by atoms with Crippen molar-refractivity contribution in [2.24, 2.45) is 10.8 Å². The predicted octanol–water partition coefficient (Wildman–Crippen LogP) is 10.8. The molecule has 3 saturated heterocycles. The Morgan fingerprint density at radius 2 is 1.03 bits per heavy atom. The second-order valence-corrected chi connectivity index (χ2v) is 19.1. The molecule has 322 valence electrons. The van der Waals surface area contributed by atoms with Gasteiger partial charge in [0.15, 0.2) is 0 Å². The minimum atomic E-state index is -4.58. The molecule has 0 bridgehead atoms. The highest BCUT2D eigenvalue weighted by Gasteiger charge is 2.71. The molecule has 15 heteroatoms. The van der Waals surface area contributed by atoms with Crippen molar-refractivity contribution in [3.63, 3.8) is 0 Å². The van der Waals surface area contributed by atoms with Crippen LogP contribution in [0.25, 0.3) is 22.1 Å². The van der Waals surface area contributed by atoms with Gasteiger partial charge >= 0.3 is 12.4 Å². The number of carbonyl (C=O) groups excluding carboxylic acids is 2. The third-order valence-corrected chi connectivity index (χ3v) is 14.3. The Morgan fingerprint density at radius 1 is 0.607 bits per heavy atom. The van der Waals surface area contributed by atoms with Gasteiger partial charge in [-0.1, -0.05) is 45.0 Å². The first kappa shape index (κ1) is 40.0. The van der Waals surface area contributed by atoms with Crippen molar-refractivity contribution in [3.05, 3.63) is 89.0 Å². The van der Waals surface area contributed by atoms with E-state index >= 15 is 0 Å². The average molecular weight is 846 g/mol. The van der Waals surface area contributed by atoms with Gasteiger partial charge in [-0.05, 0) is 123 Å². The molecule has 1 unspecified atom stereocenters. The van der Waals surface area contributed by atoms with Crippen LogP contribution in [0.15, 0.2) is 60.7 Å². The van der Waals surface area contributed by atoms with Crippen LogP contribution in [0.5, 0.6) is 0 Å². The van der Waals surface area contributed by atoms with E-state index in [9.17, 15) is 35.9 Å². The van der Waals surface area contributed by atoms with Crippen molar-refractivity contribution < 1.29 is 35.9 Å². The molecule has 9 nitrogen and oxygen atoms in total. The van der Waals surface area contributed by atoms with E-state index in [4.69, 9.17) is 9.97 Å². The number of hydrogen-bond donors (Lipinski definition) is 2. The number of rotatable bonds is 7. The second-order valence-electron chi connectivity index (χ2n) is 19.1. The van der Waals surface area contributed by atoms with Gasteiger partial charge in [-0.25, -0.2) is 9.97 Å². The smallest absolute Gasteiger partial charge is 0.357 e. The second kappa shape index (κ2) is 13.7. The topological polar surface area (TPSA) is 101 Å². The Labute approximate surface area is 349 Å². The molecule has 3 aromatic carbocycles. The molecule has 0 radical (unpaired) electrons. The van der Waals surface area contributed by atoms with Crippen molar-refractivity contribution >= 4 is 39.6 Å². The molecule has 4 atom stereocenters. The Kier molecular flexibility index (Phi) is 8.99. The number of nitrogens with zero attached hydrogens (tertiary/aromatic N) is 5. The number of amides is 2. The fraction of sp³-hybridized carbons (Fsp3) is 0.522. The number of aromatic amines is 2. The van der Waals surface area contributed by atoms with E-state index in [0.717, 1.165) is 40.7 Å². The van der Waals surface area contributed by atoms with E-state index < -0.39 is 47.1 Å². The number of aromatic nitrogens is 4. The van der Waals surface area contributed by atoms with Gasteiger partial charge < -0.3 is 24.7 Å². The van der Waals surface area contributed by atoms with E-state index in [1.165, 1.54) is 15.4 Å². The van der Waals surface area contributed by atoms with Crippen molar-refractivity contribution in [2.75, 3.05) is 18.0 Å². The highest BCUT2D eigenvalue weighted by atomic mass is 19.4. The lowest BCUT2D eigenvalue weighted by Crippen LogP contribution is -2.44. The van der Waals surface area contributed by atoms with Gasteiger partial charge in [-0.3, -0.25) is 9.59 Å². The van der Waals surface area contributed by atoms with Gasteiger partial charge in [0.25, 0.3) is 0 Å². The predicted molar refractivity (Wildman–Crippen MR) is 217 cm³/mol. The zero-order valence-electron chi connectivity index (χ0n) is 34.4. The number of anilines is 1. The van der Waals surface area contributed by atoms with Gasteiger partial charge in [0.05, 0.1) is 46.2 Å². The molecular formula is C46H49F6N7O2. The Bertz CT molecular complexity index is 2380. The van der Waals surface area contributed by atoms with Crippen LogP contribution in [0, 0.1) is 10.8 Å². The van der Waals surface area contributed by atoms with Crippen molar-refractivity contribution in [1.82, 2.24) is 29.7 Å². The molecule has 0 spiro atoms. The standard InChI is InChI=1S/C46H49F6N7O2/c1-42(2,3)28-10-12-29(13-11-28)59-34(26-8-14-30-32(24-26)55-38(53-30)36-6-4-22-57(36)40(60)43(18-19-43)45(47,48)49)16-17-35(59)27-9-15-31-33(25-27)56-39(54-31)37-7-5-23-58(37)41(61)44(20-21-44)46(50,51)52/h8-15,24-25,34-37H,4-7,16-23H2,1-3H3,(H,53,55)(H,54,56)/t34-,35?,36+,37+/m1/s1. The Balaban J connectivity index is 0.955. The highest BCUT2D eigenvalue weighted by molar-refractivity contribution is 5.88. The summed E-state index contributed by atoms with van der Waals surface area (Å²) in [7, 11) is 0. The van der Waals surface area contributed by atoms with Crippen molar-refractivity contribution in [3.8, 4) is 0 Å². The number of carbonyl (C=O) groups is 2. The number of fused-ring (bicyclic) bond motifs is 2. The third kappa shape index (κ3) is 6.49. The summed E-state index contributed by atoms with van der Waals surface area (Å²) in [5, 5.41) is 0. The number of nitrogens with one attached hydrogen (secondary N) is 2. The normalized spacial score (nSPS) is 25.0. The maximum atomic E-state index is 14.0. The zero-order valence-corrected chi connectivity index (χ0v) is 34.4. The summed E-state index contributed by atoms with van der Waals surface area (Å²) >= 11 is 0. The van der Waals surface area contributed by atoms with Crippen LogP contribution in [0.2, 0.25) is 0 Å². The van der Waals surface area contributed by atoms with Gasteiger partial charge in [-0.2, -0.15) is 26.3 Å².